The van der Waals surface area contributed by atoms with Crippen LogP contribution in [-0.4, -0.2) is 51.6 Å². The number of carbonyl (C=O) groups excluding carboxylic acids is 4. The monoisotopic (exact) mass is 477 g/mol. The van der Waals surface area contributed by atoms with Gasteiger partial charge in [-0.25, -0.2) is 0 Å². The number of carbonyl (C=O) groups is 4. The van der Waals surface area contributed by atoms with Crippen LogP contribution in [0.1, 0.15) is 78.8 Å². The Morgan fingerprint density at radius 1 is 0.971 bits per heavy atom. The fraction of sp³-hybridized carbons (Fsp3) is 0.429. The molecule has 7 nitrogen and oxygen atoms in total. The fourth-order valence-corrected chi connectivity index (χ4v) is 4.24. The summed E-state index contributed by atoms with van der Waals surface area (Å²) >= 11 is 0. The lowest BCUT2D eigenvalue weighted by molar-refractivity contribution is -0.142. The second-order valence-corrected chi connectivity index (χ2v) is 10.1. The molecule has 0 radical (unpaired) electrons. The lowest BCUT2D eigenvalue weighted by atomic mass is 10.0. The Balaban J connectivity index is 1.72. The molecule has 7 heteroatoms. The number of amides is 4. The molecule has 0 saturated carbocycles. The summed E-state index contributed by atoms with van der Waals surface area (Å²) in [7, 11) is 0. The molecule has 1 aliphatic rings. The van der Waals surface area contributed by atoms with Crippen molar-refractivity contribution in [1.82, 2.24) is 15.1 Å². The van der Waals surface area contributed by atoms with Crippen LogP contribution in [-0.2, 0) is 16.1 Å². The van der Waals surface area contributed by atoms with E-state index in [0.29, 0.717) is 30.5 Å². The highest BCUT2D eigenvalue weighted by atomic mass is 16.2. The number of imide groups is 1. The van der Waals surface area contributed by atoms with Crippen LogP contribution in [0, 0.1) is 6.92 Å². The number of rotatable bonds is 9. The fourth-order valence-electron chi connectivity index (χ4n) is 4.24. The number of hydrogen-bond acceptors (Lipinski definition) is 4. The molecule has 1 N–H and O–H groups in total. The molecule has 0 bridgehead atoms. The number of hydrogen-bond donors (Lipinski definition) is 1. The Morgan fingerprint density at radius 2 is 1.54 bits per heavy atom. The zero-order chi connectivity index (χ0) is 25.8. The number of aryl methyl sites for hydroxylation is 1. The van der Waals surface area contributed by atoms with E-state index in [4.69, 9.17) is 0 Å². The molecule has 0 fully saturated rings. The Morgan fingerprint density at radius 3 is 2.06 bits per heavy atom. The van der Waals surface area contributed by atoms with Gasteiger partial charge >= 0.3 is 0 Å². The van der Waals surface area contributed by atoms with E-state index in [0.717, 1.165) is 11.1 Å². The Kier molecular flexibility index (Phi) is 8.10. The first-order chi connectivity index (χ1) is 16.5. The SMILES string of the molecule is CCC(C(=O)NC(C)(C)C)N(Cc1ccc(C)cc1)C(=O)CCCN1C(=O)c2ccccc2C1=O. The number of nitrogens with zero attached hydrogens (tertiary/aromatic N) is 2. The van der Waals surface area contributed by atoms with Gasteiger partial charge in [0, 0.05) is 25.0 Å². The van der Waals surface area contributed by atoms with Gasteiger partial charge in [0.15, 0.2) is 0 Å². The highest BCUT2D eigenvalue weighted by molar-refractivity contribution is 6.21. The molecule has 0 aliphatic carbocycles. The van der Waals surface area contributed by atoms with Crippen LogP contribution in [0.3, 0.4) is 0 Å². The van der Waals surface area contributed by atoms with Gasteiger partial charge in [-0.15, -0.1) is 0 Å². The molecule has 186 valence electrons. The van der Waals surface area contributed by atoms with Gasteiger partial charge in [0.25, 0.3) is 11.8 Å². The topological polar surface area (TPSA) is 86.8 Å². The summed E-state index contributed by atoms with van der Waals surface area (Å²) in [6.07, 6.45) is 0.919. The van der Waals surface area contributed by atoms with E-state index < -0.39 is 11.6 Å². The van der Waals surface area contributed by atoms with Crippen LogP contribution in [0.2, 0.25) is 0 Å². The van der Waals surface area contributed by atoms with Crippen molar-refractivity contribution >= 4 is 23.6 Å². The third-order valence-corrected chi connectivity index (χ3v) is 6.01. The maximum absolute atomic E-state index is 13.4. The van der Waals surface area contributed by atoms with Gasteiger partial charge < -0.3 is 10.2 Å². The molecule has 2 aromatic carbocycles. The van der Waals surface area contributed by atoms with Crippen LogP contribution in [0.4, 0.5) is 0 Å². The summed E-state index contributed by atoms with van der Waals surface area (Å²) in [5, 5.41) is 2.99. The first kappa shape index (κ1) is 26.1. The van der Waals surface area contributed by atoms with Crippen molar-refractivity contribution < 1.29 is 19.2 Å². The summed E-state index contributed by atoms with van der Waals surface area (Å²) in [6, 6.07) is 14.0. The lowest BCUT2D eigenvalue weighted by Gasteiger charge is -2.33. The third-order valence-electron chi connectivity index (χ3n) is 6.01. The van der Waals surface area contributed by atoms with Gasteiger partial charge in [-0.05, 0) is 58.2 Å². The summed E-state index contributed by atoms with van der Waals surface area (Å²) in [4.78, 5) is 54.5. The van der Waals surface area contributed by atoms with Crippen LogP contribution < -0.4 is 5.32 Å². The van der Waals surface area contributed by atoms with Crippen LogP contribution in [0.25, 0.3) is 0 Å². The average Bonchev–Trinajstić information content (AvgIpc) is 3.04. The molecule has 0 spiro atoms. The number of benzene rings is 2. The van der Waals surface area contributed by atoms with Crippen molar-refractivity contribution in [2.24, 2.45) is 0 Å². The largest absolute Gasteiger partial charge is 0.350 e. The first-order valence-electron chi connectivity index (χ1n) is 12.1. The second kappa shape index (κ2) is 10.8. The predicted octanol–water partition coefficient (Wildman–Crippen LogP) is 4.09. The molecule has 4 amide bonds. The highest BCUT2D eigenvalue weighted by Crippen LogP contribution is 2.23. The molecule has 1 aliphatic heterocycles. The van der Waals surface area contributed by atoms with E-state index in [1.54, 1.807) is 29.2 Å². The Hall–Kier alpha value is -3.48. The smallest absolute Gasteiger partial charge is 0.261 e. The average molecular weight is 478 g/mol. The minimum atomic E-state index is -0.623. The highest BCUT2D eigenvalue weighted by Gasteiger charge is 2.35. The zero-order valence-corrected chi connectivity index (χ0v) is 21.3. The van der Waals surface area contributed by atoms with Gasteiger partial charge in [0.1, 0.15) is 6.04 Å². The molecule has 1 atom stereocenters. The summed E-state index contributed by atoms with van der Waals surface area (Å²) in [6.45, 7) is 10.1. The van der Waals surface area contributed by atoms with E-state index in [-0.39, 0.29) is 36.6 Å². The van der Waals surface area contributed by atoms with E-state index in [2.05, 4.69) is 5.32 Å². The summed E-state index contributed by atoms with van der Waals surface area (Å²) < 4.78 is 0. The molecule has 0 saturated heterocycles. The van der Waals surface area contributed by atoms with Crippen molar-refractivity contribution in [3.05, 3.63) is 70.8 Å². The Bertz CT molecular complexity index is 1070. The van der Waals surface area contributed by atoms with Crippen LogP contribution >= 0.6 is 0 Å². The zero-order valence-electron chi connectivity index (χ0n) is 21.3. The summed E-state index contributed by atoms with van der Waals surface area (Å²) in [5.74, 6) is -1.03. The molecule has 0 aromatic heterocycles. The van der Waals surface area contributed by atoms with Gasteiger partial charge in [0.2, 0.25) is 11.8 Å². The molecule has 2 aromatic rings. The molecular formula is C28H35N3O4. The molecule has 1 heterocycles. The quantitative estimate of drug-likeness (QED) is 0.551. The molecule has 35 heavy (non-hydrogen) atoms. The standard InChI is InChI=1S/C28H35N3O4/c1-6-23(25(33)29-28(3,4)5)31(18-20-15-13-19(2)14-16-20)24(32)12-9-17-30-26(34)21-10-7-8-11-22(21)27(30)35/h7-8,10-11,13-16,23H,6,9,12,17-18H2,1-5H3,(H,29,33). The normalized spacial score (nSPS) is 14.0. The predicted molar refractivity (Wildman–Crippen MR) is 135 cm³/mol. The summed E-state index contributed by atoms with van der Waals surface area (Å²) in [5.41, 5.74) is 2.43. The van der Waals surface area contributed by atoms with Gasteiger partial charge in [-0.2, -0.15) is 0 Å². The van der Waals surface area contributed by atoms with Gasteiger partial charge in [0.05, 0.1) is 11.1 Å². The molecule has 1 unspecified atom stereocenters. The Labute approximate surface area is 207 Å². The van der Waals surface area contributed by atoms with E-state index >= 15 is 0 Å². The lowest BCUT2D eigenvalue weighted by Crippen LogP contribution is -2.53. The minimum absolute atomic E-state index is 0.124. The van der Waals surface area contributed by atoms with E-state index in [9.17, 15) is 19.2 Å². The van der Waals surface area contributed by atoms with Crippen molar-refractivity contribution in [2.75, 3.05) is 6.54 Å². The van der Waals surface area contributed by atoms with Crippen molar-refractivity contribution in [3.8, 4) is 0 Å². The third kappa shape index (κ3) is 6.35. The number of nitrogens with one attached hydrogen (secondary N) is 1. The number of fused-ring (bicyclic) bond motifs is 1. The maximum Gasteiger partial charge on any atom is 0.261 e. The van der Waals surface area contributed by atoms with Crippen LogP contribution in [0.15, 0.2) is 48.5 Å². The van der Waals surface area contributed by atoms with Crippen molar-refractivity contribution in [2.45, 2.75) is 72.0 Å². The minimum Gasteiger partial charge on any atom is -0.350 e. The van der Waals surface area contributed by atoms with E-state index in [1.165, 1.54) is 4.90 Å². The van der Waals surface area contributed by atoms with E-state index in [1.807, 2.05) is 58.9 Å². The van der Waals surface area contributed by atoms with Crippen molar-refractivity contribution in [3.63, 3.8) is 0 Å². The van der Waals surface area contributed by atoms with Gasteiger partial charge in [-0.1, -0.05) is 48.9 Å². The molecular weight excluding hydrogens is 442 g/mol. The van der Waals surface area contributed by atoms with Gasteiger partial charge in [-0.3, -0.25) is 24.1 Å². The van der Waals surface area contributed by atoms with Crippen molar-refractivity contribution in [1.29, 1.82) is 0 Å². The molecule has 3 rings (SSSR count). The first-order valence-corrected chi connectivity index (χ1v) is 12.1. The van der Waals surface area contributed by atoms with Crippen LogP contribution in [0.5, 0.6) is 0 Å². The second-order valence-electron chi connectivity index (χ2n) is 10.1. The maximum atomic E-state index is 13.4.